The van der Waals surface area contributed by atoms with Crippen molar-refractivity contribution in [2.75, 3.05) is 13.2 Å². The van der Waals surface area contributed by atoms with Gasteiger partial charge in [0.1, 0.15) is 0 Å². The van der Waals surface area contributed by atoms with E-state index in [2.05, 4.69) is 0 Å². The number of hydrogen-bond acceptors (Lipinski definition) is 4. The minimum absolute atomic E-state index is 0.0624. The molecule has 7 heteroatoms. The maximum absolute atomic E-state index is 12.5. The van der Waals surface area contributed by atoms with E-state index in [1.807, 2.05) is 13.8 Å². The molecule has 0 aromatic heterocycles. The van der Waals surface area contributed by atoms with Crippen LogP contribution in [0.4, 0.5) is 5.69 Å². The zero-order valence-corrected chi connectivity index (χ0v) is 12.0. The lowest BCUT2D eigenvalue weighted by molar-refractivity contribution is -0.384. The van der Waals surface area contributed by atoms with Crippen LogP contribution in [0.15, 0.2) is 18.2 Å². The number of morpholine rings is 1. The van der Waals surface area contributed by atoms with Crippen molar-refractivity contribution in [3.8, 4) is 0 Å². The second-order valence-corrected chi connectivity index (χ2v) is 5.28. The first-order valence-corrected chi connectivity index (χ1v) is 6.64. The summed E-state index contributed by atoms with van der Waals surface area (Å²) in [6.45, 7) is 4.63. The van der Waals surface area contributed by atoms with E-state index in [0.717, 1.165) is 0 Å². The Morgan fingerprint density at radius 1 is 1.50 bits per heavy atom. The predicted molar refractivity (Wildman–Crippen MR) is 74.0 cm³/mol. The number of amides is 1. The molecule has 0 unspecified atom stereocenters. The lowest BCUT2D eigenvalue weighted by Crippen LogP contribution is -2.50. The third-order valence-corrected chi connectivity index (χ3v) is 3.59. The molecule has 2 atom stereocenters. The molecule has 1 aliphatic rings. The van der Waals surface area contributed by atoms with Crippen LogP contribution in [-0.2, 0) is 4.74 Å². The molecular formula is C13H15ClN2O4. The van der Waals surface area contributed by atoms with E-state index >= 15 is 0 Å². The van der Waals surface area contributed by atoms with Crippen LogP contribution >= 0.6 is 11.6 Å². The summed E-state index contributed by atoms with van der Waals surface area (Å²) < 4.78 is 5.46. The van der Waals surface area contributed by atoms with Gasteiger partial charge in [-0.1, -0.05) is 11.6 Å². The number of non-ortho nitro benzene ring substituents is 1. The van der Waals surface area contributed by atoms with Crippen LogP contribution in [0.1, 0.15) is 24.2 Å². The number of ether oxygens (including phenoxy) is 1. The summed E-state index contributed by atoms with van der Waals surface area (Å²) in [5.41, 5.74) is 0.00790. The van der Waals surface area contributed by atoms with Gasteiger partial charge in [0.05, 0.1) is 34.3 Å². The van der Waals surface area contributed by atoms with Crippen molar-refractivity contribution in [2.24, 2.45) is 0 Å². The summed E-state index contributed by atoms with van der Waals surface area (Å²) >= 11 is 6.00. The van der Waals surface area contributed by atoms with Gasteiger partial charge in [0.15, 0.2) is 0 Å². The fourth-order valence-corrected chi connectivity index (χ4v) is 2.33. The van der Waals surface area contributed by atoms with Crippen molar-refractivity contribution in [1.29, 1.82) is 0 Å². The number of benzene rings is 1. The number of hydrogen-bond donors (Lipinski definition) is 0. The zero-order chi connectivity index (χ0) is 14.9. The topological polar surface area (TPSA) is 72.7 Å². The van der Waals surface area contributed by atoms with Crippen molar-refractivity contribution in [3.63, 3.8) is 0 Å². The van der Waals surface area contributed by atoms with Crippen LogP contribution in [0.25, 0.3) is 0 Å². The lowest BCUT2D eigenvalue weighted by Gasteiger charge is -2.36. The Kier molecular flexibility index (Phi) is 4.25. The summed E-state index contributed by atoms with van der Waals surface area (Å²) in [7, 11) is 0. The molecule has 6 nitrogen and oxygen atoms in total. The van der Waals surface area contributed by atoms with E-state index in [0.29, 0.717) is 13.2 Å². The minimum Gasteiger partial charge on any atom is -0.375 e. The average molecular weight is 299 g/mol. The standard InChI is InChI=1S/C13H15ClN2O4/c1-8-7-20-9(2)6-15(8)13(17)11-5-10(16(18)19)3-4-12(11)14/h3-5,8-9H,6-7H2,1-2H3/t8-,9-/m1/s1. The number of carbonyl (C=O) groups is 1. The Bertz CT molecular complexity index is 549. The SMILES string of the molecule is C[C@@H]1CN(C(=O)c2cc([N+](=O)[O-])ccc2Cl)[C@H](C)CO1. The summed E-state index contributed by atoms with van der Waals surface area (Å²) in [6, 6.07) is 3.79. The van der Waals surface area contributed by atoms with Crippen LogP contribution in [0.5, 0.6) is 0 Å². The summed E-state index contributed by atoms with van der Waals surface area (Å²) in [5, 5.41) is 11.0. The first kappa shape index (κ1) is 14.7. The van der Waals surface area contributed by atoms with Crippen LogP contribution in [0.3, 0.4) is 0 Å². The summed E-state index contributed by atoms with van der Waals surface area (Å²) in [5.74, 6) is -0.304. The first-order chi connectivity index (χ1) is 9.40. The third kappa shape index (κ3) is 2.91. The summed E-state index contributed by atoms with van der Waals surface area (Å²) in [4.78, 5) is 24.4. The van der Waals surface area contributed by atoms with Crippen LogP contribution in [0.2, 0.25) is 5.02 Å². The molecule has 1 saturated heterocycles. The highest BCUT2D eigenvalue weighted by atomic mass is 35.5. The fourth-order valence-electron chi connectivity index (χ4n) is 2.13. The van der Waals surface area contributed by atoms with Gasteiger partial charge in [-0.25, -0.2) is 0 Å². The first-order valence-electron chi connectivity index (χ1n) is 6.26. The Hall–Kier alpha value is -1.66. The number of halogens is 1. The maximum Gasteiger partial charge on any atom is 0.270 e. The molecule has 0 spiro atoms. The highest BCUT2D eigenvalue weighted by Crippen LogP contribution is 2.25. The van der Waals surface area contributed by atoms with Gasteiger partial charge in [-0.3, -0.25) is 14.9 Å². The van der Waals surface area contributed by atoms with Crippen molar-refractivity contribution < 1.29 is 14.5 Å². The zero-order valence-electron chi connectivity index (χ0n) is 11.2. The number of carbonyl (C=O) groups excluding carboxylic acids is 1. The molecule has 20 heavy (non-hydrogen) atoms. The van der Waals surface area contributed by atoms with Gasteiger partial charge in [0.2, 0.25) is 0 Å². The molecule has 0 radical (unpaired) electrons. The van der Waals surface area contributed by atoms with E-state index in [9.17, 15) is 14.9 Å². The van der Waals surface area contributed by atoms with E-state index in [1.165, 1.54) is 18.2 Å². The van der Waals surface area contributed by atoms with E-state index in [4.69, 9.17) is 16.3 Å². The highest BCUT2D eigenvalue weighted by Gasteiger charge is 2.30. The molecule has 0 saturated carbocycles. The molecule has 0 N–H and O–H groups in total. The van der Waals surface area contributed by atoms with Gasteiger partial charge < -0.3 is 9.64 Å². The van der Waals surface area contributed by atoms with E-state index in [-0.39, 0.29) is 34.3 Å². The molecule has 1 aromatic rings. The van der Waals surface area contributed by atoms with Crippen LogP contribution in [0, 0.1) is 10.1 Å². The molecule has 2 rings (SSSR count). The van der Waals surface area contributed by atoms with Gasteiger partial charge in [0.25, 0.3) is 11.6 Å². The molecule has 1 aliphatic heterocycles. The highest BCUT2D eigenvalue weighted by molar-refractivity contribution is 6.33. The van der Waals surface area contributed by atoms with Crippen LogP contribution in [-0.4, -0.2) is 41.0 Å². The van der Waals surface area contributed by atoms with Crippen molar-refractivity contribution in [3.05, 3.63) is 38.9 Å². The predicted octanol–water partition coefficient (Wildman–Crippen LogP) is 2.50. The quantitative estimate of drug-likeness (QED) is 0.621. The average Bonchev–Trinajstić information content (AvgIpc) is 2.41. The molecule has 1 amide bonds. The Morgan fingerprint density at radius 2 is 2.20 bits per heavy atom. The van der Waals surface area contributed by atoms with Crippen molar-refractivity contribution in [1.82, 2.24) is 4.90 Å². The molecule has 1 fully saturated rings. The molecule has 1 aromatic carbocycles. The van der Waals surface area contributed by atoms with Gasteiger partial charge >= 0.3 is 0 Å². The largest absolute Gasteiger partial charge is 0.375 e. The molecule has 0 bridgehead atoms. The number of nitrogens with zero attached hydrogens (tertiary/aromatic N) is 2. The smallest absolute Gasteiger partial charge is 0.270 e. The Morgan fingerprint density at radius 3 is 2.85 bits per heavy atom. The van der Waals surface area contributed by atoms with Crippen LogP contribution < -0.4 is 0 Å². The minimum atomic E-state index is -0.543. The molecular weight excluding hydrogens is 284 g/mol. The second kappa shape index (κ2) is 5.76. The normalized spacial score (nSPS) is 22.6. The maximum atomic E-state index is 12.5. The third-order valence-electron chi connectivity index (χ3n) is 3.26. The van der Waals surface area contributed by atoms with E-state index in [1.54, 1.807) is 4.90 Å². The van der Waals surface area contributed by atoms with Gasteiger partial charge in [0, 0.05) is 18.7 Å². The Labute approximate surface area is 121 Å². The van der Waals surface area contributed by atoms with E-state index < -0.39 is 4.92 Å². The fraction of sp³-hybridized carbons (Fsp3) is 0.462. The molecule has 0 aliphatic carbocycles. The number of nitro benzene ring substituents is 1. The summed E-state index contributed by atoms with van der Waals surface area (Å²) in [6.07, 6.45) is -0.0624. The number of rotatable bonds is 2. The number of nitro groups is 1. The van der Waals surface area contributed by atoms with Gasteiger partial charge in [-0.15, -0.1) is 0 Å². The van der Waals surface area contributed by atoms with Crippen molar-refractivity contribution >= 4 is 23.2 Å². The Balaban J connectivity index is 2.32. The van der Waals surface area contributed by atoms with Gasteiger partial charge in [-0.05, 0) is 19.9 Å². The lowest BCUT2D eigenvalue weighted by atomic mass is 10.1. The monoisotopic (exact) mass is 298 g/mol. The van der Waals surface area contributed by atoms with Gasteiger partial charge in [-0.2, -0.15) is 0 Å². The van der Waals surface area contributed by atoms with Crippen molar-refractivity contribution in [2.45, 2.75) is 26.0 Å². The second-order valence-electron chi connectivity index (χ2n) is 4.87. The molecule has 108 valence electrons. The molecule has 1 heterocycles.